The first-order valence-corrected chi connectivity index (χ1v) is 10.3. The highest BCUT2D eigenvalue weighted by molar-refractivity contribution is 6.31. The van der Waals surface area contributed by atoms with E-state index in [1.807, 2.05) is 0 Å². The van der Waals surface area contributed by atoms with Crippen LogP contribution in [0.25, 0.3) is 11.0 Å². The van der Waals surface area contributed by atoms with Gasteiger partial charge in [0, 0.05) is 27.4 Å². The average Bonchev–Trinajstić information content (AvgIpc) is 3.29. The third-order valence-electron chi connectivity index (χ3n) is 5.51. The van der Waals surface area contributed by atoms with E-state index in [1.165, 1.54) is 12.0 Å². The predicted octanol–water partition coefficient (Wildman–Crippen LogP) is 3.83. The number of carbonyl (C=O) groups excluding carboxylic acids is 2. The molecule has 0 fully saturated rings. The maximum atomic E-state index is 13.4. The smallest absolute Gasteiger partial charge is 0.413 e. The molecular weight excluding hydrogens is 446 g/mol. The minimum atomic E-state index is -1.85. The molecule has 9 nitrogen and oxygen atoms in total. The molecule has 1 atom stereocenters. The van der Waals surface area contributed by atoms with Crippen molar-refractivity contribution in [2.75, 3.05) is 23.1 Å². The Bertz CT molecular complexity index is 1420. The van der Waals surface area contributed by atoms with E-state index in [4.69, 9.17) is 17.3 Å². The van der Waals surface area contributed by atoms with Gasteiger partial charge >= 0.3 is 6.09 Å². The van der Waals surface area contributed by atoms with Crippen LogP contribution in [0.4, 0.5) is 22.1 Å². The van der Waals surface area contributed by atoms with Gasteiger partial charge in [-0.2, -0.15) is 0 Å². The Hall–Kier alpha value is -4.08. The molecule has 2 amide bonds. The lowest BCUT2D eigenvalue weighted by Gasteiger charge is -2.35. The topological polar surface area (TPSA) is 134 Å². The number of nitrogens with two attached hydrogens (primary N) is 1. The number of nitrogens with zero attached hydrogens (tertiary/aromatic N) is 2. The molecule has 0 radical (unpaired) electrons. The summed E-state index contributed by atoms with van der Waals surface area (Å²) in [6.45, 7) is 0. The summed E-state index contributed by atoms with van der Waals surface area (Å²) in [5.74, 6) is -0.212. The van der Waals surface area contributed by atoms with Gasteiger partial charge in [0.05, 0.1) is 23.8 Å². The number of methoxy groups -OCH3 is 1. The second-order valence-electron chi connectivity index (χ2n) is 7.54. The highest BCUT2D eigenvalue weighted by Crippen LogP contribution is 2.46. The second-order valence-corrected chi connectivity index (χ2v) is 7.97. The number of rotatable bonds is 3. The number of aromatic nitrogens is 2. The standard InChI is InChI=1S/C23H18ClN5O4/c1-33-22(31)28-21-26-18-7-6-12(8-19(18)27-21)23(32)17-5-3-2-4-16(17)20(30)29(23)15-10-13(24)9-14(25)11-15/h2-11,32H,25H2,1H3,(H2,26,27,28,31). The lowest BCUT2D eigenvalue weighted by molar-refractivity contribution is 0.0704. The van der Waals surface area contributed by atoms with Crippen LogP contribution in [0.2, 0.25) is 5.02 Å². The molecule has 4 aromatic rings. The summed E-state index contributed by atoms with van der Waals surface area (Å²) in [6.07, 6.45) is -0.673. The van der Waals surface area contributed by atoms with Crippen LogP contribution in [-0.4, -0.2) is 34.2 Å². The zero-order valence-electron chi connectivity index (χ0n) is 17.3. The fourth-order valence-electron chi connectivity index (χ4n) is 4.11. The number of benzene rings is 3. The summed E-state index contributed by atoms with van der Waals surface area (Å²) in [4.78, 5) is 33.5. The maximum Gasteiger partial charge on any atom is 0.413 e. The summed E-state index contributed by atoms with van der Waals surface area (Å²) in [5, 5.41) is 14.9. The maximum absolute atomic E-state index is 13.4. The average molecular weight is 464 g/mol. The van der Waals surface area contributed by atoms with Crippen LogP contribution < -0.4 is 16.0 Å². The Morgan fingerprint density at radius 3 is 2.76 bits per heavy atom. The molecule has 1 aliphatic heterocycles. The third-order valence-corrected chi connectivity index (χ3v) is 5.73. The minimum absolute atomic E-state index is 0.184. The number of hydrogen-bond donors (Lipinski definition) is 4. The van der Waals surface area contributed by atoms with Gasteiger partial charge in [-0.05, 0) is 36.4 Å². The van der Waals surface area contributed by atoms with Crippen LogP contribution in [0.15, 0.2) is 60.7 Å². The minimum Gasteiger partial charge on any atom is -0.453 e. The first-order valence-electron chi connectivity index (χ1n) is 9.89. The number of aromatic amines is 1. The number of nitrogens with one attached hydrogen (secondary N) is 2. The normalized spacial score (nSPS) is 17.3. The summed E-state index contributed by atoms with van der Waals surface area (Å²) in [6, 6.07) is 16.6. The predicted molar refractivity (Wildman–Crippen MR) is 124 cm³/mol. The Kier molecular flexibility index (Phi) is 4.73. The number of fused-ring (bicyclic) bond motifs is 2. The highest BCUT2D eigenvalue weighted by atomic mass is 35.5. The van der Waals surface area contributed by atoms with E-state index in [1.54, 1.807) is 60.7 Å². The number of amides is 2. The molecule has 5 N–H and O–H groups in total. The van der Waals surface area contributed by atoms with Gasteiger partial charge in [-0.3, -0.25) is 15.0 Å². The molecule has 166 valence electrons. The zero-order valence-corrected chi connectivity index (χ0v) is 18.1. The number of ether oxygens (including phenoxy) is 1. The van der Waals surface area contributed by atoms with Crippen molar-refractivity contribution in [3.05, 3.63) is 82.4 Å². The SMILES string of the molecule is COC(=O)Nc1nc2ccc(C3(O)c4ccccc4C(=O)N3c3cc(N)cc(Cl)c3)cc2[nH]1. The molecule has 0 bridgehead atoms. The zero-order chi connectivity index (χ0) is 23.3. The van der Waals surface area contributed by atoms with E-state index < -0.39 is 17.7 Å². The van der Waals surface area contributed by atoms with Crippen molar-refractivity contribution < 1.29 is 19.4 Å². The van der Waals surface area contributed by atoms with Crippen molar-refractivity contribution in [2.45, 2.75) is 5.72 Å². The molecule has 1 aromatic heterocycles. The molecule has 2 heterocycles. The van der Waals surface area contributed by atoms with Gasteiger partial charge in [-0.25, -0.2) is 9.78 Å². The van der Waals surface area contributed by atoms with Gasteiger partial charge < -0.3 is 20.6 Å². The number of carbonyl (C=O) groups is 2. The number of halogens is 1. The number of imidazole rings is 1. The van der Waals surface area contributed by atoms with E-state index in [0.717, 1.165) is 0 Å². The fourth-order valence-corrected chi connectivity index (χ4v) is 4.35. The van der Waals surface area contributed by atoms with E-state index >= 15 is 0 Å². The number of anilines is 3. The first kappa shape index (κ1) is 20.8. The van der Waals surface area contributed by atoms with Gasteiger partial charge in [0.25, 0.3) is 5.91 Å². The highest BCUT2D eigenvalue weighted by Gasteiger charge is 2.50. The van der Waals surface area contributed by atoms with Crippen LogP contribution in [-0.2, 0) is 10.5 Å². The van der Waals surface area contributed by atoms with Crippen molar-refractivity contribution in [3.63, 3.8) is 0 Å². The van der Waals surface area contributed by atoms with Crippen LogP contribution in [0, 0.1) is 0 Å². The van der Waals surface area contributed by atoms with E-state index in [2.05, 4.69) is 20.0 Å². The van der Waals surface area contributed by atoms with Gasteiger partial charge in [0.1, 0.15) is 0 Å². The molecular formula is C23H18ClN5O4. The van der Waals surface area contributed by atoms with E-state index in [-0.39, 0.29) is 5.95 Å². The van der Waals surface area contributed by atoms with Crippen molar-refractivity contribution >= 4 is 52.0 Å². The Morgan fingerprint density at radius 1 is 1.21 bits per heavy atom. The number of nitrogen functional groups attached to an aromatic ring is 1. The van der Waals surface area contributed by atoms with Crippen LogP contribution in [0.5, 0.6) is 0 Å². The lowest BCUT2D eigenvalue weighted by atomic mass is 9.93. The molecule has 5 rings (SSSR count). The Morgan fingerprint density at radius 2 is 2.00 bits per heavy atom. The summed E-state index contributed by atoms with van der Waals surface area (Å²) < 4.78 is 4.59. The summed E-state index contributed by atoms with van der Waals surface area (Å²) in [5.41, 5.74) is 7.09. The second kappa shape index (κ2) is 7.51. The molecule has 33 heavy (non-hydrogen) atoms. The Balaban J connectivity index is 1.69. The molecule has 0 saturated heterocycles. The molecule has 0 spiro atoms. The number of H-pyrrole nitrogens is 1. The summed E-state index contributed by atoms with van der Waals surface area (Å²) in [7, 11) is 1.25. The quantitative estimate of drug-likeness (QED) is 0.341. The molecule has 0 aliphatic carbocycles. The Labute approximate surface area is 192 Å². The van der Waals surface area contributed by atoms with Crippen molar-refractivity contribution in [1.82, 2.24) is 9.97 Å². The summed E-state index contributed by atoms with van der Waals surface area (Å²) >= 11 is 6.20. The molecule has 3 aromatic carbocycles. The fraction of sp³-hybridized carbons (Fsp3) is 0.0870. The molecule has 1 unspecified atom stereocenters. The van der Waals surface area contributed by atoms with Gasteiger partial charge in [-0.1, -0.05) is 35.9 Å². The van der Waals surface area contributed by atoms with Crippen molar-refractivity contribution in [3.8, 4) is 0 Å². The van der Waals surface area contributed by atoms with Crippen LogP contribution in [0.1, 0.15) is 21.5 Å². The third kappa shape index (κ3) is 3.25. The first-order chi connectivity index (χ1) is 15.8. The lowest BCUT2D eigenvalue weighted by Crippen LogP contribution is -2.45. The molecule has 10 heteroatoms. The number of aliphatic hydroxyl groups is 1. The van der Waals surface area contributed by atoms with Crippen molar-refractivity contribution in [2.24, 2.45) is 0 Å². The van der Waals surface area contributed by atoms with Gasteiger partial charge in [-0.15, -0.1) is 0 Å². The van der Waals surface area contributed by atoms with Gasteiger partial charge in [0.15, 0.2) is 5.72 Å². The molecule has 1 aliphatic rings. The van der Waals surface area contributed by atoms with Crippen LogP contribution in [0.3, 0.4) is 0 Å². The van der Waals surface area contributed by atoms with E-state index in [9.17, 15) is 14.7 Å². The van der Waals surface area contributed by atoms with E-state index in [0.29, 0.717) is 44.1 Å². The van der Waals surface area contributed by atoms with Gasteiger partial charge in [0.2, 0.25) is 5.95 Å². The van der Waals surface area contributed by atoms with Crippen LogP contribution >= 0.6 is 11.6 Å². The monoisotopic (exact) mass is 463 g/mol. The number of hydrogen-bond acceptors (Lipinski definition) is 6. The largest absolute Gasteiger partial charge is 0.453 e. The molecule has 0 saturated carbocycles. The van der Waals surface area contributed by atoms with Crippen molar-refractivity contribution in [1.29, 1.82) is 0 Å².